The number of nitriles is 1. The summed E-state index contributed by atoms with van der Waals surface area (Å²) in [5.74, 6) is -0.595. The largest absolute Gasteiger partial charge is 0.573 e. The zero-order valence-electron chi connectivity index (χ0n) is 17.1. The summed E-state index contributed by atoms with van der Waals surface area (Å²) in [4.78, 5) is 21.1. The summed E-state index contributed by atoms with van der Waals surface area (Å²) >= 11 is 1.34. The number of alkyl halides is 3. The molecule has 1 aromatic carbocycles. The van der Waals surface area contributed by atoms with Gasteiger partial charge in [-0.3, -0.25) is 4.79 Å². The van der Waals surface area contributed by atoms with Gasteiger partial charge in [0.05, 0.1) is 12.2 Å². The van der Waals surface area contributed by atoms with E-state index in [1.807, 2.05) is 6.07 Å². The van der Waals surface area contributed by atoms with E-state index in [0.29, 0.717) is 18.8 Å². The quantitative estimate of drug-likeness (QED) is 0.692. The number of nitrogens with one attached hydrogen (secondary N) is 1. The molecule has 2 atom stereocenters. The first-order valence-electron chi connectivity index (χ1n) is 9.84. The highest BCUT2D eigenvalue weighted by atomic mass is 32.2. The van der Waals surface area contributed by atoms with E-state index in [0.717, 1.165) is 6.07 Å². The van der Waals surface area contributed by atoms with Crippen LogP contribution in [0.1, 0.15) is 28.0 Å². The Bertz CT molecular complexity index is 1130. The fourth-order valence-corrected chi connectivity index (χ4v) is 4.92. The van der Waals surface area contributed by atoms with Crippen LogP contribution in [-0.2, 0) is 10.3 Å². The van der Waals surface area contributed by atoms with Gasteiger partial charge >= 0.3 is 6.36 Å². The van der Waals surface area contributed by atoms with Crippen molar-refractivity contribution in [1.82, 2.24) is 4.98 Å². The molecular weight excluding hydrogens is 459 g/mol. The lowest BCUT2D eigenvalue weighted by molar-refractivity contribution is -0.275. The molecule has 8 nitrogen and oxygen atoms in total. The molecule has 2 unspecified atom stereocenters. The van der Waals surface area contributed by atoms with Crippen molar-refractivity contribution in [2.24, 2.45) is 16.6 Å². The number of benzene rings is 1. The fraction of sp³-hybridized carbons (Fsp3) is 0.333. The van der Waals surface area contributed by atoms with Crippen LogP contribution < -0.4 is 15.8 Å². The third kappa shape index (κ3) is 4.89. The van der Waals surface area contributed by atoms with Crippen molar-refractivity contribution in [3.63, 3.8) is 0 Å². The molecule has 1 fully saturated rings. The number of anilines is 1. The lowest BCUT2D eigenvalue weighted by atomic mass is 9.76. The Morgan fingerprint density at radius 1 is 1.36 bits per heavy atom. The molecule has 12 heteroatoms. The number of rotatable bonds is 4. The topological polar surface area (TPSA) is 123 Å². The monoisotopic (exact) mass is 477 g/mol. The van der Waals surface area contributed by atoms with Crippen molar-refractivity contribution < 1.29 is 27.4 Å². The van der Waals surface area contributed by atoms with Crippen molar-refractivity contribution in [1.29, 1.82) is 5.26 Å². The first-order valence-corrected chi connectivity index (χ1v) is 10.8. The zero-order valence-corrected chi connectivity index (χ0v) is 17.9. The molecule has 0 radical (unpaired) electrons. The smallest absolute Gasteiger partial charge is 0.405 e. The predicted molar refractivity (Wildman–Crippen MR) is 115 cm³/mol. The summed E-state index contributed by atoms with van der Waals surface area (Å²) in [6.45, 7) is 0.486. The summed E-state index contributed by atoms with van der Waals surface area (Å²) in [5.41, 5.74) is 5.45. The number of ether oxygens (including phenoxy) is 2. The summed E-state index contributed by atoms with van der Waals surface area (Å²) < 4.78 is 49.4. The number of nitrogens with two attached hydrogens (primary N) is 1. The molecule has 33 heavy (non-hydrogen) atoms. The molecule has 2 aromatic rings. The molecule has 1 aromatic heterocycles. The predicted octanol–water partition coefficient (Wildman–Crippen LogP) is 3.40. The number of aromatic nitrogens is 1. The Hall–Kier alpha value is -3.30. The Kier molecular flexibility index (Phi) is 6.18. The van der Waals surface area contributed by atoms with Crippen LogP contribution in [0, 0.1) is 17.2 Å². The van der Waals surface area contributed by atoms with Gasteiger partial charge in [-0.1, -0.05) is 11.8 Å². The number of carbonyl (C=O) groups excluding carboxylic acids is 1. The van der Waals surface area contributed by atoms with Gasteiger partial charge in [0.2, 0.25) is 0 Å². The third-order valence-corrected chi connectivity index (χ3v) is 6.36. The lowest BCUT2D eigenvalue weighted by Crippen LogP contribution is -2.47. The van der Waals surface area contributed by atoms with Crippen LogP contribution in [0.4, 0.5) is 18.9 Å². The van der Waals surface area contributed by atoms with Gasteiger partial charge in [-0.25, -0.2) is 9.98 Å². The average Bonchev–Trinajstić information content (AvgIpc) is 2.79. The van der Waals surface area contributed by atoms with E-state index in [1.165, 1.54) is 42.2 Å². The van der Waals surface area contributed by atoms with Gasteiger partial charge in [0.15, 0.2) is 5.17 Å². The van der Waals surface area contributed by atoms with Crippen LogP contribution in [0.3, 0.4) is 0 Å². The number of fused-ring (bicyclic) bond motifs is 1. The van der Waals surface area contributed by atoms with E-state index < -0.39 is 23.6 Å². The van der Waals surface area contributed by atoms with Gasteiger partial charge in [-0.2, -0.15) is 5.26 Å². The number of hydrogen-bond donors (Lipinski definition) is 2. The molecule has 172 valence electrons. The van der Waals surface area contributed by atoms with Crippen molar-refractivity contribution in [3.05, 3.63) is 53.3 Å². The fourth-order valence-electron chi connectivity index (χ4n) is 3.88. The van der Waals surface area contributed by atoms with Crippen LogP contribution >= 0.6 is 11.8 Å². The van der Waals surface area contributed by atoms with E-state index in [-0.39, 0.29) is 40.2 Å². The number of amides is 1. The molecule has 4 rings (SSSR count). The molecule has 0 bridgehead atoms. The number of nitrogens with zero attached hydrogens (tertiary/aromatic N) is 3. The normalized spacial score (nSPS) is 22.5. The SMILES string of the molecule is N#Cc1ccc(C(=O)Nc2ccc(OC(F)(F)F)c(C34COCCC3CSC(N)=N4)c2)nc1. The van der Waals surface area contributed by atoms with Crippen LogP contribution in [0.2, 0.25) is 0 Å². The van der Waals surface area contributed by atoms with Crippen molar-refractivity contribution in [2.75, 3.05) is 24.3 Å². The molecule has 2 aliphatic rings. The third-order valence-electron chi connectivity index (χ3n) is 5.40. The maximum Gasteiger partial charge on any atom is 0.573 e. The minimum absolute atomic E-state index is 0.0295. The van der Waals surface area contributed by atoms with E-state index in [9.17, 15) is 18.0 Å². The van der Waals surface area contributed by atoms with E-state index in [1.54, 1.807) is 0 Å². The lowest BCUT2D eigenvalue weighted by Gasteiger charge is -2.44. The highest BCUT2D eigenvalue weighted by Crippen LogP contribution is 2.48. The second kappa shape index (κ2) is 8.92. The first-order chi connectivity index (χ1) is 15.7. The van der Waals surface area contributed by atoms with Crippen molar-refractivity contribution >= 4 is 28.5 Å². The Labute approximate surface area is 191 Å². The number of amidine groups is 1. The second-order valence-corrected chi connectivity index (χ2v) is 8.52. The minimum Gasteiger partial charge on any atom is -0.405 e. The van der Waals surface area contributed by atoms with Crippen LogP contribution in [0.25, 0.3) is 0 Å². The molecule has 1 saturated heterocycles. The number of pyridine rings is 1. The minimum atomic E-state index is -4.92. The maximum atomic E-state index is 13.2. The highest BCUT2D eigenvalue weighted by molar-refractivity contribution is 8.13. The van der Waals surface area contributed by atoms with Gasteiger partial charge in [0.25, 0.3) is 5.91 Å². The number of carbonyl (C=O) groups is 1. The Morgan fingerprint density at radius 2 is 2.18 bits per heavy atom. The van der Waals surface area contributed by atoms with Crippen LogP contribution in [0.5, 0.6) is 5.75 Å². The van der Waals surface area contributed by atoms with E-state index in [4.69, 9.17) is 15.7 Å². The van der Waals surface area contributed by atoms with Gasteiger partial charge < -0.3 is 20.5 Å². The first kappa shape index (κ1) is 22.9. The van der Waals surface area contributed by atoms with Gasteiger partial charge in [-0.05, 0) is 36.8 Å². The van der Waals surface area contributed by atoms with Crippen LogP contribution in [0.15, 0.2) is 41.5 Å². The Balaban J connectivity index is 1.74. The molecule has 3 heterocycles. The second-order valence-electron chi connectivity index (χ2n) is 7.48. The van der Waals surface area contributed by atoms with Gasteiger partial charge in [-0.15, -0.1) is 13.2 Å². The van der Waals surface area contributed by atoms with Gasteiger partial charge in [0, 0.05) is 35.7 Å². The molecule has 3 N–H and O–H groups in total. The molecular formula is C21H18F3N5O3S. The summed E-state index contributed by atoms with van der Waals surface area (Å²) in [6.07, 6.45) is -3.09. The number of hydrogen-bond acceptors (Lipinski definition) is 8. The Morgan fingerprint density at radius 3 is 2.88 bits per heavy atom. The number of halogens is 3. The van der Waals surface area contributed by atoms with E-state index >= 15 is 0 Å². The van der Waals surface area contributed by atoms with Crippen LogP contribution in [-0.4, -0.2) is 41.4 Å². The molecule has 0 aliphatic carbocycles. The van der Waals surface area contributed by atoms with E-state index in [2.05, 4.69) is 20.0 Å². The maximum absolute atomic E-state index is 13.2. The number of thioether (sulfide) groups is 1. The van der Waals surface area contributed by atoms with Gasteiger partial charge in [0.1, 0.15) is 23.1 Å². The zero-order chi connectivity index (χ0) is 23.6. The summed E-state index contributed by atoms with van der Waals surface area (Å²) in [5, 5.41) is 11.7. The molecule has 2 aliphatic heterocycles. The van der Waals surface area contributed by atoms with Crippen molar-refractivity contribution in [3.8, 4) is 11.8 Å². The standard InChI is InChI=1S/C21H18F3N5O3S/c22-21(23,24)32-17-4-2-14(28-18(30)16-3-1-12(8-25)9-27-16)7-15(17)20-11-31-6-5-13(20)10-33-19(26)29-20/h1-4,7,9,13H,5-6,10-11H2,(H2,26,29)(H,28,30). The highest BCUT2D eigenvalue weighted by Gasteiger charge is 2.48. The summed E-state index contributed by atoms with van der Waals surface area (Å²) in [7, 11) is 0. The molecule has 0 spiro atoms. The summed E-state index contributed by atoms with van der Waals surface area (Å²) in [6, 6.07) is 8.56. The van der Waals surface area contributed by atoms with Crippen molar-refractivity contribution in [2.45, 2.75) is 18.3 Å². The average molecular weight is 477 g/mol. The molecule has 0 saturated carbocycles. The molecule has 1 amide bonds. The number of aliphatic imine (C=N–C) groups is 1.